The normalized spacial score (nSPS) is 11.8. The topological polar surface area (TPSA) is 13.1 Å². The molecule has 0 N–H and O–H groups in total. The number of hydrogen-bond acceptors (Lipinski definition) is 2. The number of nitrogens with zero attached hydrogens (tertiary/aromatic N) is 3. The molecule has 3 heterocycles. The minimum absolute atomic E-state index is 1.11. The highest BCUT2D eigenvalue weighted by molar-refractivity contribution is 7.25. The number of hydrogen-bond donors (Lipinski definition) is 0. The van der Waals surface area contributed by atoms with Crippen LogP contribution in [0.4, 0.5) is 17.1 Å². The van der Waals surface area contributed by atoms with Gasteiger partial charge in [-0.1, -0.05) is 103 Å². The Hall–Kier alpha value is -6.62. The van der Waals surface area contributed by atoms with Gasteiger partial charge in [-0.05, 0) is 84.2 Å². The first-order valence-electron chi connectivity index (χ1n) is 17.7. The van der Waals surface area contributed by atoms with Crippen molar-refractivity contribution in [2.75, 3.05) is 4.90 Å². The molecule has 0 bridgehead atoms. The Kier molecular flexibility index (Phi) is 6.42. The number of fused-ring (bicyclic) bond motifs is 9. The van der Waals surface area contributed by atoms with Crippen molar-refractivity contribution in [1.82, 2.24) is 9.13 Å². The Morgan fingerprint density at radius 3 is 2.00 bits per heavy atom. The Morgan fingerprint density at radius 2 is 1.12 bits per heavy atom. The van der Waals surface area contributed by atoms with Crippen molar-refractivity contribution in [3.05, 3.63) is 188 Å². The zero-order valence-corrected chi connectivity index (χ0v) is 29.0. The Balaban J connectivity index is 1.11. The van der Waals surface area contributed by atoms with Crippen LogP contribution < -0.4 is 4.90 Å². The molecule has 0 amide bonds. The quantitative estimate of drug-likeness (QED) is 0.176. The smallest absolute Gasteiger partial charge is 0.0788 e. The highest BCUT2D eigenvalue weighted by Gasteiger charge is 2.20. The largest absolute Gasteiger partial charge is 0.315 e. The molecule has 0 fully saturated rings. The van der Waals surface area contributed by atoms with Gasteiger partial charge in [-0.3, -0.25) is 0 Å². The SMILES string of the molecule is c1ccc(-n2c3ccccc3c3ccc4ccn(-c5ccc(N(c6ccc7sc8ccccc8c7c6)c6cccc7ccccc67)cc5)c4c32)cc1. The van der Waals surface area contributed by atoms with E-state index in [0.29, 0.717) is 0 Å². The maximum absolute atomic E-state index is 2.42. The second kappa shape index (κ2) is 11.5. The van der Waals surface area contributed by atoms with Gasteiger partial charge < -0.3 is 14.0 Å². The fourth-order valence-electron chi connectivity index (χ4n) is 8.18. The molecular formula is C48H31N3S. The number of thiophene rings is 1. The predicted molar refractivity (Wildman–Crippen MR) is 223 cm³/mol. The maximum Gasteiger partial charge on any atom is 0.0788 e. The van der Waals surface area contributed by atoms with Crippen LogP contribution in [-0.4, -0.2) is 9.13 Å². The first-order chi connectivity index (χ1) is 25.8. The molecule has 0 aliphatic rings. The fraction of sp³-hybridized carbons (Fsp3) is 0. The van der Waals surface area contributed by atoms with Crippen LogP contribution in [0.3, 0.4) is 0 Å². The summed E-state index contributed by atoms with van der Waals surface area (Å²) in [6.45, 7) is 0. The second-order valence-electron chi connectivity index (χ2n) is 13.4. The molecule has 244 valence electrons. The van der Waals surface area contributed by atoms with Crippen LogP contribution in [0.15, 0.2) is 188 Å². The number of anilines is 3. The van der Waals surface area contributed by atoms with E-state index in [4.69, 9.17) is 0 Å². The Morgan fingerprint density at radius 1 is 0.404 bits per heavy atom. The highest BCUT2D eigenvalue weighted by atomic mass is 32.1. The van der Waals surface area contributed by atoms with Crippen LogP contribution in [0.5, 0.6) is 0 Å². The van der Waals surface area contributed by atoms with E-state index in [1.165, 1.54) is 63.7 Å². The zero-order chi connectivity index (χ0) is 34.2. The standard InChI is InChI=1S/C48H31N3S/c1-2-13-35(14-3-1)51-44-18-8-6-16-39(44)41-27-21-33-29-30-49(47(33)48(41)51)34-22-24-36(25-23-34)50(43-19-10-12-32-11-4-5-15-38(32)43)37-26-28-46-42(31-37)40-17-7-9-20-45(40)52-46/h1-31H. The molecule has 52 heavy (non-hydrogen) atoms. The lowest BCUT2D eigenvalue weighted by atomic mass is 10.1. The molecular weight excluding hydrogens is 651 g/mol. The molecule has 11 rings (SSSR count). The molecule has 0 radical (unpaired) electrons. The number of rotatable bonds is 5. The molecule has 0 unspecified atom stereocenters. The third-order valence-electron chi connectivity index (χ3n) is 10.5. The molecule has 4 heteroatoms. The highest BCUT2D eigenvalue weighted by Crippen LogP contribution is 2.43. The van der Waals surface area contributed by atoms with Gasteiger partial charge in [-0.15, -0.1) is 11.3 Å². The van der Waals surface area contributed by atoms with Crippen molar-refractivity contribution < 1.29 is 0 Å². The van der Waals surface area contributed by atoms with E-state index in [1.54, 1.807) is 0 Å². The average Bonchev–Trinajstić information content (AvgIpc) is 3.91. The average molecular weight is 682 g/mol. The zero-order valence-electron chi connectivity index (χ0n) is 28.1. The van der Waals surface area contributed by atoms with Gasteiger partial charge in [0.15, 0.2) is 0 Å². The van der Waals surface area contributed by atoms with E-state index >= 15 is 0 Å². The molecule has 3 nitrogen and oxygen atoms in total. The Labute approximate surface area is 304 Å². The predicted octanol–water partition coefficient (Wildman–Crippen LogP) is 13.7. The van der Waals surface area contributed by atoms with Crippen LogP contribution in [0.2, 0.25) is 0 Å². The number of para-hydroxylation sites is 2. The summed E-state index contributed by atoms with van der Waals surface area (Å²) < 4.78 is 7.39. The maximum atomic E-state index is 2.42. The van der Waals surface area contributed by atoms with E-state index in [2.05, 4.69) is 202 Å². The molecule has 0 atom stereocenters. The van der Waals surface area contributed by atoms with Crippen molar-refractivity contribution in [3.63, 3.8) is 0 Å². The van der Waals surface area contributed by atoms with Crippen LogP contribution >= 0.6 is 11.3 Å². The van der Waals surface area contributed by atoms with Crippen LogP contribution in [0.1, 0.15) is 0 Å². The van der Waals surface area contributed by atoms with Gasteiger partial charge in [0.2, 0.25) is 0 Å². The minimum Gasteiger partial charge on any atom is -0.315 e. The molecule has 0 saturated heterocycles. The fourth-order valence-corrected chi connectivity index (χ4v) is 9.27. The van der Waals surface area contributed by atoms with Gasteiger partial charge >= 0.3 is 0 Å². The first kappa shape index (κ1) is 29.1. The molecule has 3 aromatic heterocycles. The van der Waals surface area contributed by atoms with Crippen LogP contribution in [0.25, 0.3) is 75.0 Å². The van der Waals surface area contributed by atoms with E-state index in [9.17, 15) is 0 Å². The molecule has 8 aromatic carbocycles. The van der Waals surface area contributed by atoms with Crippen molar-refractivity contribution in [2.24, 2.45) is 0 Å². The van der Waals surface area contributed by atoms with E-state index in [1.807, 2.05) is 11.3 Å². The van der Waals surface area contributed by atoms with Crippen LogP contribution in [0, 0.1) is 0 Å². The van der Waals surface area contributed by atoms with E-state index < -0.39 is 0 Å². The van der Waals surface area contributed by atoms with Crippen molar-refractivity contribution in [2.45, 2.75) is 0 Å². The summed E-state index contributed by atoms with van der Waals surface area (Å²) in [5, 5.41) is 8.75. The summed E-state index contributed by atoms with van der Waals surface area (Å²) in [6.07, 6.45) is 2.21. The third-order valence-corrected chi connectivity index (χ3v) is 11.7. The molecule has 0 aliphatic carbocycles. The van der Waals surface area contributed by atoms with Gasteiger partial charge in [0.25, 0.3) is 0 Å². The summed E-state index contributed by atoms with van der Waals surface area (Å²) in [5.41, 5.74) is 9.31. The lowest BCUT2D eigenvalue weighted by molar-refractivity contribution is 1.11. The third kappa shape index (κ3) is 4.38. The first-order valence-corrected chi connectivity index (χ1v) is 18.5. The minimum atomic E-state index is 1.11. The van der Waals surface area contributed by atoms with E-state index in [0.717, 1.165) is 28.4 Å². The summed E-state index contributed by atoms with van der Waals surface area (Å²) in [6, 6.07) is 66.2. The molecule has 0 saturated carbocycles. The van der Waals surface area contributed by atoms with Gasteiger partial charge in [0.05, 0.1) is 22.2 Å². The lowest BCUT2D eigenvalue weighted by Gasteiger charge is -2.27. The van der Waals surface area contributed by atoms with Gasteiger partial charge in [0, 0.05) is 70.7 Å². The lowest BCUT2D eigenvalue weighted by Crippen LogP contribution is -2.10. The van der Waals surface area contributed by atoms with Gasteiger partial charge in [0.1, 0.15) is 0 Å². The van der Waals surface area contributed by atoms with Crippen molar-refractivity contribution in [1.29, 1.82) is 0 Å². The van der Waals surface area contributed by atoms with Gasteiger partial charge in [-0.25, -0.2) is 0 Å². The van der Waals surface area contributed by atoms with Crippen molar-refractivity contribution in [3.8, 4) is 11.4 Å². The van der Waals surface area contributed by atoms with Crippen molar-refractivity contribution >= 4 is 92.1 Å². The molecule has 11 aromatic rings. The van der Waals surface area contributed by atoms with Crippen LogP contribution in [-0.2, 0) is 0 Å². The van der Waals surface area contributed by atoms with Gasteiger partial charge in [-0.2, -0.15) is 0 Å². The monoisotopic (exact) mass is 681 g/mol. The molecule has 0 spiro atoms. The Bertz CT molecular complexity index is 3120. The summed E-state index contributed by atoms with van der Waals surface area (Å²) in [5.74, 6) is 0. The summed E-state index contributed by atoms with van der Waals surface area (Å²) in [7, 11) is 0. The number of benzene rings is 8. The summed E-state index contributed by atoms with van der Waals surface area (Å²) in [4.78, 5) is 2.41. The molecule has 0 aliphatic heterocycles. The second-order valence-corrected chi connectivity index (χ2v) is 14.5. The van der Waals surface area contributed by atoms with E-state index in [-0.39, 0.29) is 0 Å². The summed E-state index contributed by atoms with van der Waals surface area (Å²) >= 11 is 1.86. The number of aromatic nitrogens is 2.